The van der Waals surface area contributed by atoms with Crippen molar-refractivity contribution >= 4 is 12.4 Å². The van der Waals surface area contributed by atoms with Gasteiger partial charge in [0.25, 0.3) is 0 Å². The van der Waals surface area contributed by atoms with E-state index in [-0.39, 0.29) is 0 Å². The smallest absolute Gasteiger partial charge is 0.0807 e. The van der Waals surface area contributed by atoms with Gasteiger partial charge in [0.15, 0.2) is 0 Å². The fourth-order valence-corrected chi connectivity index (χ4v) is 1.93. The Hall–Kier alpha value is -2.44. The van der Waals surface area contributed by atoms with E-state index in [2.05, 4.69) is 30.6 Å². The maximum Gasteiger partial charge on any atom is 0.0807 e. The van der Waals surface area contributed by atoms with Gasteiger partial charge in [0.2, 0.25) is 0 Å². The number of pyridine rings is 2. The molecule has 2 aromatic rings. The summed E-state index contributed by atoms with van der Waals surface area (Å²) in [4.78, 5) is 17.0. The van der Waals surface area contributed by atoms with Crippen LogP contribution in [0.1, 0.15) is 11.4 Å². The lowest BCUT2D eigenvalue weighted by atomic mass is 10.4. The number of hydrogen-bond acceptors (Lipinski definition) is 6. The maximum atomic E-state index is 4.33. The highest BCUT2D eigenvalue weighted by atomic mass is 15.0. The average molecular weight is 324 g/mol. The molecule has 6 heteroatoms. The van der Waals surface area contributed by atoms with Crippen LogP contribution in [-0.2, 0) is 0 Å². The molecule has 0 aromatic carbocycles. The van der Waals surface area contributed by atoms with E-state index in [0.29, 0.717) is 0 Å². The predicted molar refractivity (Wildman–Crippen MR) is 99.1 cm³/mol. The normalized spacial score (nSPS) is 11.5. The van der Waals surface area contributed by atoms with Crippen molar-refractivity contribution in [1.29, 1.82) is 0 Å². The molecule has 0 aliphatic carbocycles. The number of hydrogen-bond donors (Lipinski definition) is 2. The summed E-state index contributed by atoms with van der Waals surface area (Å²) in [6.45, 7) is 5.08. The van der Waals surface area contributed by atoms with E-state index in [4.69, 9.17) is 0 Å². The summed E-state index contributed by atoms with van der Waals surface area (Å²) in [5.74, 6) is 0. The summed E-state index contributed by atoms with van der Waals surface area (Å²) in [7, 11) is 0. The molecule has 0 atom stereocenters. The van der Waals surface area contributed by atoms with E-state index in [9.17, 15) is 0 Å². The second-order valence-electron chi connectivity index (χ2n) is 5.08. The van der Waals surface area contributed by atoms with Gasteiger partial charge in [-0.25, -0.2) is 0 Å². The van der Waals surface area contributed by atoms with Crippen LogP contribution in [0, 0.1) is 0 Å². The minimum Gasteiger partial charge on any atom is -0.314 e. The molecule has 0 saturated heterocycles. The van der Waals surface area contributed by atoms with E-state index in [0.717, 1.165) is 50.7 Å². The number of aromatic nitrogens is 2. The monoisotopic (exact) mass is 324 g/mol. The highest BCUT2D eigenvalue weighted by Gasteiger charge is 1.89. The van der Waals surface area contributed by atoms with Crippen LogP contribution in [-0.4, -0.2) is 61.7 Å². The molecule has 126 valence electrons. The zero-order valence-electron chi connectivity index (χ0n) is 13.8. The van der Waals surface area contributed by atoms with Crippen molar-refractivity contribution in [2.24, 2.45) is 9.98 Å². The minimum absolute atomic E-state index is 0.755. The first kappa shape index (κ1) is 17.9. The third-order valence-electron chi connectivity index (χ3n) is 3.14. The minimum atomic E-state index is 0.755. The van der Waals surface area contributed by atoms with Crippen LogP contribution < -0.4 is 10.6 Å². The lowest BCUT2D eigenvalue weighted by molar-refractivity contribution is 0.619. The fourth-order valence-electron chi connectivity index (χ4n) is 1.93. The van der Waals surface area contributed by atoms with Crippen LogP contribution in [0.25, 0.3) is 0 Å². The molecule has 0 unspecified atom stereocenters. The molecule has 0 amide bonds. The molecule has 0 saturated carbocycles. The van der Waals surface area contributed by atoms with Gasteiger partial charge in [-0.15, -0.1) is 0 Å². The summed E-state index contributed by atoms with van der Waals surface area (Å²) in [5.41, 5.74) is 1.79. The van der Waals surface area contributed by atoms with Crippen molar-refractivity contribution in [3.8, 4) is 0 Å². The molecule has 2 N–H and O–H groups in total. The van der Waals surface area contributed by atoms with Gasteiger partial charge in [-0.3, -0.25) is 20.0 Å². The Morgan fingerprint density at radius 1 is 0.708 bits per heavy atom. The number of nitrogens with one attached hydrogen (secondary N) is 2. The van der Waals surface area contributed by atoms with Crippen LogP contribution in [0.3, 0.4) is 0 Å². The maximum absolute atomic E-state index is 4.33. The first-order valence-electron chi connectivity index (χ1n) is 8.18. The second kappa shape index (κ2) is 12.0. The molecular formula is C18H24N6. The van der Waals surface area contributed by atoms with Crippen molar-refractivity contribution in [1.82, 2.24) is 20.6 Å². The molecule has 24 heavy (non-hydrogen) atoms. The summed E-state index contributed by atoms with van der Waals surface area (Å²) in [6, 6.07) is 11.6. The zero-order chi connectivity index (χ0) is 16.7. The Morgan fingerprint density at radius 2 is 1.21 bits per heavy atom. The second-order valence-corrected chi connectivity index (χ2v) is 5.08. The van der Waals surface area contributed by atoms with Crippen LogP contribution in [0.5, 0.6) is 0 Å². The fraction of sp³-hybridized carbons (Fsp3) is 0.333. The Labute approximate surface area is 143 Å². The highest BCUT2D eigenvalue weighted by Crippen LogP contribution is 1.88. The van der Waals surface area contributed by atoms with E-state index in [1.807, 2.05) is 36.4 Å². The van der Waals surface area contributed by atoms with Crippen molar-refractivity contribution in [2.45, 2.75) is 0 Å². The quantitative estimate of drug-likeness (QED) is 0.481. The first-order valence-corrected chi connectivity index (χ1v) is 8.18. The molecule has 2 heterocycles. The third-order valence-corrected chi connectivity index (χ3v) is 3.14. The van der Waals surface area contributed by atoms with E-state index in [1.165, 1.54) is 0 Å². The van der Waals surface area contributed by atoms with Gasteiger partial charge in [-0.05, 0) is 24.3 Å². The molecule has 0 radical (unpaired) electrons. The van der Waals surface area contributed by atoms with Crippen molar-refractivity contribution in [3.05, 3.63) is 60.2 Å². The van der Waals surface area contributed by atoms with Crippen molar-refractivity contribution < 1.29 is 0 Å². The van der Waals surface area contributed by atoms with Crippen LogP contribution in [0.15, 0.2) is 58.8 Å². The topological polar surface area (TPSA) is 74.6 Å². The average Bonchev–Trinajstić information content (AvgIpc) is 2.64. The van der Waals surface area contributed by atoms with E-state index in [1.54, 1.807) is 24.8 Å². The Balaban J connectivity index is 1.40. The molecular weight excluding hydrogens is 300 g/mol. The van der Waals surface area contributed by atoms with Crippen LogP contribution >= 0.6 is 0 Å². The van der Waals surface area contributed by atoms with Crippen LogP contribution in [0.4, 0.5) is 0 Å². The molecule has 0 aliphatic rings. The molecule has 0 aliphatic heterocycles. The molecule has 6 nitrogen and oxygen atoms in total. The van der Waals surface area contributed by atoms with E-state index < -0.39 is 0 Å². The lowest BCUT2D eigenvalue weighted by Gasteiger charge is -2.04. The van der Waals surface area contributed by atoms with Gasteiger partial charge >= 0.3 is 0 Å². The van der Waals surface area contributed by atoms with Gasteiger partial charge in [0, 0.05) is 51.0 Å². The van der Waals surface area contributed by atoms with Crippen molar-refractivity contribution in [3.63, 3.8) is 0 Å². The van der Waals surface area contributed by atoms with Crippen molar-refractivity contribution in [2.75, 3.05) is 39.3 Å². The molecule has 2 rings (SSSR count). The predicted octanol–water partition coefficient (Wildman–Crippen LogP) is 1.19. The van der Waals surface area contributed by atoms with Crippen LogP contribution in [0.2, 0.25) is 0 Å². The molecule has 0 fully saturated rings. The third kappa shape index (κ3) is 8.26. The number of nitrogens with zero attached hydrogens (tertiary/aromatic N) is 4. The summed E-state index contributed by atoms with van der Waals surface area (Å²) >= 11 is 0. The Bertz CT molecular complexity index is 542. The molecule has 0 spiro atoms. The Kier molecular flexibility index (Phi) is 8.98. The number of rotatable bonds is 11. The highest BCUT2D eigenvalue weighted by molar-refractivity contribution is 5.77. The van der Waals surface area contributed by atoms with Gasteiger partial charge in [-0.1, -0.05) is 12.1 Å². The lowest BCUT2D eigenvalue weighted by Crippen LogP contribution is -2.30. The zero-order valence-corrected chi connectivity index (χ0v) is 13.8. The van der Waals surface area contributed by atoms with Gasteiger partial charge in [0.05, 0.1) is 24.5 Å². The largest absolute Gasteiger partial charge is 0.314 e. The number of aliphatic imine (C=N–C) groups is 2. The SMILES string of the molecule is C(=NCCNCCNCCN=Cc1ccccn1)c1ccccn1. The summed E-state index contributed by atoms with van der Waals surface area (Å²) in [6.07, 6.45) is 7.15. The van der Waals surface area contributed by atoms with Gasteiger partial charge in [0.1, 0.15) is 0 Å². The molecule has 0 bridgehead atoms. The van der Waals surface area contributed by atoms with E-state index >= 15 is 0 Å². The Morgan fingerprint density at radius 3 is 1.62 bits per heavy atom. The molecule has 2 aromatic heterocycles. The van der Waals surface area contributed by atoms with Gasteiger partial charge in [-0.2, -0.15) is 0 Å². The summed E-state index contributed by atoms with van der Waals surface area (Å²) < 4.78 is 0. The van der Waals surface area contributed by atoms with Gasteiger partial charge < -0.3 is 10.6 Å². The first-order chi connectivity index (χ1) is 11.9. The summed E-state index contributed by atoms with van der Waals surface area (Å²) in [5, 5.41) is 6.69. The standard InChI is InChI=1S/C18H24N6/c1-3-7-23-17(5-1)15-21-13-11-19-9-10-20-12-14-22-16-18-6-2-4-8-24-18/h1-8,15-16,19-20H,9-14H2.